The predicted octanol–water partition coefficient (Wildman–Crippen LogP) is 3.00. The van der Waals surface area contributed by atoms with Crippen molar-refractivity contribution in [1.82, 2.24) is 20.0 Å². The van der Waals surface area contributed by atoms with Crippen LogP contribution in [0.5, 0.6) is 0 Å². The van der Waals surface area contributed by atoms with E-state index < -0.39 is 0 Å². The monoisotopic (exact) mass is 392 g/mol. The Morgan fingerprint density at radius 1 is 1.28 bits per heavy atom. The molecule has 1 aliphatic heterocycles. The summed E-state index contributed by atoms with van der Waals surface area (Å²) >= 11 is 0. The number of likely N-dealkylation sites (tertiary alicyclic amines) is 1. The second-order valence-electron chi connectivity index (χ2n) is 7.42. The fourth-order valence-corrected chi connectivity index (χ4v) is 3.78. The Bertz CT molecular complexity index is 995. The number of carbonyl (C=O) groups is 2. The minimum Gasteiger partial charge on any atom is -0.467 e. The summed E-state index contributed by atoms with van der Waals surface area (Å²) in [5, 5.41) is 7.52. The number of hydrogen-bond acceptors (Lipinski definition) is 4. The van der Waals surface area contributed by atoms with E-state index in [1.807, 2.05) is 54.9 Å². The number of nitrogens with one attached hydrogen (secondary N) is 1. The van der Waals surface area contributed by atoms with Crippen LogP contribution in [0.2, 0.25) is 0 Å². The predicted molar refractivity (Wildman–Crippen MR) is 107 cm³/mol. The Morgan fingerprint density at radius 2 is 2.07 bits per heavy atom. The summed E-state index contributed by atoms with van der Waals surface area (Å²) < 4.78 is 7.17. The van der Waals surface area contributed by atoms with Gasteiger partial charge in [0, 0.05) is 24.2 Å². The highest BCUT2D eigenvalue weighted by Gasteiger charge is 2.35. The maximum atomic E-state index is 12.8. The lowest BCUT2D eigenvalue weighted by Gasteiger charge is -2.18. The van der Waals surface area contributed by atoms with E-state index in [2.05, 4.69) is 10.4 Å². The molecule has 3 aromatic rings. The molecule has 3 heterocycles. The zero-order valence-electron chi connectivity index (χ0n) is 16.5. The summed E-state index contributed by atoms with van der Waals surface area (Å²) in [6.07, 6.45) is 3.59. The number of aromatic nitrogens is 2. The number of para-hydroxylation sites is 1. The number of carbonyl (C=O) groups excluding carboxylic acids is 2. The van der Waals surface area contributed by atoms with Crippen LogP contribution >= 0.6 is 0 Å². The van der Waals surface area contributed by atoms with E-state index in [9.17, 15) is 9.59 Å². The molecule has 1 saturated heterocycles. The third kappa shape index (κ3) is 3.94. The lowest BCUT2D eigenvalue weighted by Crippen LogP contribution is -2.34. The van der Waals surface area contributed by atoms with Crippen LogP contribution in [0.4, 0.5) is 0 Å². The number of amides is 2. The zero-order valence-corrected chi connectivity index (χ0v) is 16.5. The summed E-state index contributed by atoms with van der Waals surface area (Å²) in [6, 6.07) is 13.3. The van der Waals surface area contributed by atoms with E-state index >= 15 is 0 Å². The number of furan rings is 1. The maximum Gasteiger partial charge on any atom is 0.225 e. The SMILES string of the molecule is Cc1c(C(C)NC(=O)C2CC(=O)N(Cc3ccco3)C2)cnn1-c1ccccc1. The zero-order chi connectivity index (χ0) is 20.4. The molecule has 150 valence electrons. The fraction of sp³-hybridized carbons (Fsp3) is 0.318. The average molecular weight is 392 g/mol. The van der Waals surface area contributed by atoms with Gasteiger partial charge in [0.15, 0.2) is 0 Å². The molecule has 1 aliphatic rings. The van der Waals surface area contributed by atoms with E-state index in [0.29, 0.717) is 13.1 Å². The van der Waals surface area contributed by atoms with Gasteiger partial charge in [-0.2, -0.15) is 5.10 Å². The molecule has 2 amide bonds. The van der Waals surface area contributed by atoms with Gasteiger partial charge in [0.2, 0.25) is 11.8 Å². The van der Waals surface area contributed by atoms with Crippen LogP contribution in [0, 0.1) is 12.8 Å². The van der Waals surface area contributed by atoms with Crippen molar-refractivity contribution in [3.05, 3.63) is 71.9 Å². The third-order valence-corrected chi connectivity index (χ3v) is 5.39. The first kappa shape index (κ1) is 19.0. The summed E-state index contributed by atoms with van der Waals surface area (Å²) in [5.41, 5.74) is 2.91. The van der Waals surface area contributed by atoms with E-state index in [4.69, 9.17) is 4.42 Å². The molecule has 2 atom stereocenters. The van der Waals surface area contributed by atoms with Crippen LogP contribution in [0.15, 0.2) is 59.3 Å². The van der Waals surface area contributed by atoms with Crippen molar-refractivity contribution in [2.24, 2.45) is 5.92 Å². The molecule has 29 heavy (non-hydrogen) atoms. The molecule has 0 saturated carbocycles. The first-order chi connectivity index (χ1) is 14.0. The van der Waals surface area contributed by atoms with Crippen LogP contribution in [0.3, 0.4) is 0 Å². The van der Waals surface area contributed by atoms with Crippen molar-refractivity contribution >= 4 is 11.8 Å². The van der Waals surface area contributed by atoms with Gasteiger partial charge in [-0.25, -0.2) is 4.68 Å². The fourth-order valence-electron chi connectivity index (χ4n) is 3.78. The Kier molecular flexibility index (Phi) is 5.20. The van der Waals surface area contributed by atoms with E-state index in [-0.39, 0.29) is 30.2 Å². The minimum absolute atomic E-state index is 0.0257. The van der Waals surface area contributed by atoms with Gasteiger partial charge < -0.3 is 14.6 Å². The van der Waals surface area contributed by atoms with Crippen LogP contribution in [-0.4, -0.2) is 33.0 Å². The maximum absolute atomic E-state index is 12.8. The van der Waals surface area contributed by atoms with Crippen molar-refractivity contribution in [3.8, 4) is 5.69 Å². The summed E-state index contributed by atoms with van der Waals surface area (Å²) in [7, 11) is 0. The van der Waals surface area contributed by atoms with Crippen molar-refractivity contribution in [3.63, 3.8) is 0 Å². The standard InChI is InChI=1S/C22H24N4O3/c1-15(20-12-23-26(16(20)2)18-7-4-3-5-8-18)24-22(28)17-11-21(27)25(13-17)14-19-9-6-10-29-19/h3-10,12,15,17H,11,13-14H2,1-2H3,(H,24,28). The van der Waals surface area contributed by atoms with Crippen LogP contribution in [0.1, 0.15) is 36.4 Å². The molecule has 2 unspecified atom stereocenters. The van der Waals surface area contributed by atoms with Gasteiger partial charge in [-0.15, -0.1) is 0 Å². The van der Waals surface area contributed by atoms with Gasteiger partial charge in [0.05, 0.1) is 36.7 Å². The Labute approximate surface area is 169 Å². The normalized spacial score (nSPS) is 17.5. The van der Waals surface area contributed by atoms with Gasteiger partial charge >= 0.3 is 0 Å². The highest BCUT2D eigenvalue weighted by molar-refractivity contribution is 5.89. The third-order valence-electron chi connectivity index (χ3n) is 5.39. The molecule has 7 heteroatoms. The topological polar surface area (TPSA) is 80.4 Å². The quantitative estimate of drug-likeness (QED) is 0.699. The Morgan fingerprint density at radius 3 is 2.79 bits per heavy atom. The molecule has 0 spiro atoms. The molecular weight excluding hydrogens is 368 g/mol. The van der Waals surface area contributed by atoms with Crippen LogP contribution in [-0.2, 0) is 16.1 Å². The number of rotatable bonds is 6. The summed E-state index contributed by atoms with van der Waals surface area (Å²) in [4.78, 5) is 26.7. The van der Waals surface area contributed by atoms with Crippen molar-refractivity contribution in [2.75, 3.05) is 6.54 Å². The first-order valence-corrected chi connectivity index (χ1v) is 9.73. The van der Waals surface area contributed by atoms with E-state index in [0.717, 1.165) is 22.7 Å². The number of benzene rings is 1. The molecule has 1 aromatic carbocycles. The highest BCUT2D eigenvalue weighted by atomic mass is 16.3. The van der Waals surface area contributed by atoms with E-state index in [1.165, 1.54) is 0 Å². The van der Waals surface area contributed by atoms with Crippen molar-refractivity contribution in [2.45, 2.75) is 32.9 Å². The van der Waals surface area contributed by atoms with Gasteiger partial charge in [-0.05, 0) is 38.1 Å². The summed E-state index contributed by atoms with van der Waals surface area (Å²) in [5.74, 6) is 0.225. The van der Waals surface area contributed by atoms with Gasteiger partial charge in [0.1, 0.15) is 5.76 Å². The largest absolute Gasteiger partial charge is 0.467 e. The molecule has 0 aliphatic carbocycles. The van der Waals surface area contributed by atoms with Crippen molar-refractivity contribution < 1.29 is 14.0 Å². The first-order valence-electron chi connectivity index (χ1n) is 9.73. The van der Waals surface area contributed by atoms with Gasteiger partial charge in [-0.3, -0.25) is 9.59 Å². The molecule has 0 bridgehead atoms. The molecule has 1 N–H and O–H groups in total. The second kappa shape index (κ2) is 7.95. The second-order valence-corrected chi connectivity index (χ2v) is 7.42. The molecule has 1 fully saturated rings. The highest BCUT2D eigenvalue weighted by Crippen LogP contribution is 2.24. The molecular formula is C22H24N4O3. The average Bonchev–Trinajstić information content (AvgIpc) is 3.44. The smallest absolute Gasteiger partial charge is 0.225 e. The minimum atomic E-state index is -0.357. The van der Waals surface area contributed by atoms with Gasteiger partial charge in [-0.1, -0.05) is 18.2 Å². The van der Waals surface area contributed by atoms with Gasteiger partial charge in [0.25, 0.3) is 0 Å². The molecule has 2 aromatic heterocycles. The molecule has 0 radical (unpaired) electrons. The van der Waals surface area contributed by atoms with Crippen molar-refractivity contribution in [1.29, 1.82) is 0 Å². The van der Waals surface area contributed by atoms with Crippen LogP contribution in [0.25, 0.3) is 5.69 Å². The number of nitrogens with zero attached hydrogens (tertiary/aromatic N) is 3. The van der Waals surface area contributed by atoms with E-state index in [1.54, 1.807) is 23.4 Å². The molecule has 7 nitrogen and oxygen atoms in total. The molecule has 4 rings (SSSR count). The number of hydrogen-bond donors (Lipinski definition) is 1. The Hall–Kier alpha value is -3.35. The Balaban J connectivity index is 1.40. The lowest BCUT2D eigenvalue weighted by molar-refractivity contribution is -0.129. The van der Waals surface area contributed by atoms with Crippen LogP contribution < -0.4 is 5.32 Å². The lowest BCUT2D eigenvalue weighted by atomic mass is 10.1. The summed E-state index contributed by atoms with van der Waals surface area (Å²) in [6.45, 7) is 4.73.